The zero-order valence-corrected chi connectivity index (χ0v) is 13.4. The number of benzene rings is 2. The number of fused-ring (bicyclic) bond motifs is 1. The number of hydrogen-bond acceptors (Lipinski definition) is 3. The van der Waals surface area contributed by atoms with Gasteiger partial charge in [0.2, 0.25) is 0 Å². The van der Waals surface area contributed by atoms with E-state index >= 15 is 0 Å². The fraction of sp³-hybridized carbons (Fsp3) is 0.263. The van der Waals surface area contributed by atoms with E-state index in [2.05, 4.69) is 9.55 Å². The topological polar surface area (TPSA) is 64.3 Å². The van der Waals surface area contributed by atoms with Gasteiger partial charge in [0.15, 0.2) is 0 Å². The van der Waals surface area contributed by atoms with Crippen LogP contribution in [-0.4, -0.2) is 20.6 Å². The lowest BCUT2D eigenvalue weighted by Crippen LogP contribution is -2.08. The number of hydrogen-bond donors (Lipinski definition) is 1. The van der Waals surface area contributed by atoms with Gasteiger partial charge in [-0.15, -0.1) is 0 Å². The molecule has 0 spiro atoms. The van der Waals surface area contributed by atoms with Gasteiger partial charge in [0.1, 0.15) is 18.2 Å². The SMILES string of the molecule is O=C(O)CCCCn1c(COc2ccccc2)nc2ccccc21. The number of carboxylic acid groups (broad SMARTS) is 1. The number of rotatable bonds is 8. The first-order chi connectivity index (χ1) is 11.7. The highest BCUT2D eigenvalue weighted by atomic mass is 16.5. The van der Waals surface area contributed by atoms with Crippen LogP contribution in [0, 0.1) is 0 Å². The molecule has 0 amide bonds. The van der Waals surface area contributed by atoms with Crippen molar-refractivity contribution in [3.8, 4) is 5.75 Å². The van der Waals surface area contributed by atoms with Crippen molar-refractivity contribution in [2.75, 3.05) is 0 Å². The average Bonchev–Trinajstić information content (AvgIpc) is 2.95. The third-order valence-electron chi connectivity index (χ3n) is 3.87. The normalized spacial score (nSPS) is 10.8. The lowest BCUT2D eigenvalue weighted by atomic mass is 10.2. The first-order valence-corrected chi connectivity index (χ1v) is 8.08. The van der Waals surface area contributed by atoms with Gasteiger partial charge in [-0.1, -0.05) is 30.3 Å². The average molecular weight is 324 g/mol. The number of nitrogens with zero attached hydrogens (tertiary/aromatic N) is 2. The van der Waals surface area contributed by atoms with Crippen molar-refractivity contribution in [3.63, 3.8) is 0 Å². The Morgan fingerprint density at radius 2 is 1.79 bits per heavy atom. The Balaban J connectivity index is 1.75. The maximum atomic E-state index is 10.7. The third-order valence-corrected chi connectivity index (χ3v) is 3.87. The Morgan fingerprint density at radius 3 is 2.58 bits per heavy atom. The van der Waals surface area contributed by atoms with Gasteiger partial charge in [-0.2, -0.15) is 0 Å². The number of carboxylic acids is 1. The smallest absolute Gasteiger partial charge is 0.303 e. The van der Waals surface area contributed by atoms with Crippen molar-refractivity contribution in [2.45, 2.75) is 32.4 Å². The molecule has 3 rings (SSSR count). The second-order valence-corrected chi connectivity index (χ2v) is 5.62. The zero-order valence-electron chi connectivity index (χ0n) is 13.4. The molecule has 5 heteroatoms. The Kier molecular flexibility index (Phi) is 5.11. The number of para-hydroxylation sites is 3. The molecule has 0 radical (unpaired) electrons. The number of imidazole rings is 1. The van der Waals surface area contributed by atoms with Crippen LogP contribution in [0.25, 0.3) is 11.0 Å². The van der Waals surface area contributed by atoms with E-state index in [0.717, 1.165) is 35.6 Å². The van der Waals surface area contributed by atoms with E-state index in [4.69, 9.17) is 9.84 Å². The highest BCUT2D eigenvalue weighted by Gasteiger charge is 2.11. The molecule has 0 aliphatic rings. The largest absolute Gasteiger partial charge is 0.486 e. The van der Waals surface area contributed by atoms with Gasteiger partial charge < -0.3 is 14.4 Å². The Hall–Kier alpha value is -2.82. The van der Waals surface area contributed by atoms with E-state index in [-0.39, 0.29) is 6.42 Å². The van der Waals surface area contributed by atoms with Crippen LogP contribution < -0.4 is 4.74 Å². The van der Waals surface area contributed by atoms with Gasteiger partial charge in [0, 0.05) is 13.0 Å². The molecule has 5 nitrogen and oxygen atoms in total. The fourth-order valence-corrected chi connectivity index (χ4v) is 2.70. The highest BCUT2D eigenvalue weighted by molar-refractivity contribution is 5.75. The summed E-state index contributed by atoms with van der Waals surface area (Å²) >= 11 is 0. The van der Waals surface area contributed by atoms with Crippen molar-refractivity contribution < 1.29 is 14.6 Å². The molecule has 0 aliphatic heterocycles. The van der Waals surface area contributed by atoms with E-state index in [0.29, 0.717) is 13.0 Å². The van der Waals surface area contributed by atoms with Crippen molar-refractivity contribution >= 4 is 17.0 Å². The van der Waals surface area contributed by atoms with Crippen LogP contribution in [0.3, 0.4) is 0 Å². The summed E-state index contributed by atoms with van der Waals surface area (Å²) in [6.45, 7) is 1.12. The summed E-state index contributed by atoms with van der Waals surface area (Å²) in [6, 6.07) is 17.6. The number of aromatic nitrogens is 2. The molecule has 2 aromatic carbocycles. The van der Waals surface area contributed by atoms with Gasteiger partial charge in [-0.05, 0) is 37.1 Å². The van der Waals surface area contributed by atoms with Gasteiger partial charge >= 0.3 is 5.97 Å². The van der Waals surface area contributed by atoms with Crippen LogP contribution in [0.4, 0.5) is 0 Å². The Labute approximate surface area is 140 Å². The molecular formula is C19H20N2O3. The first-order valence-electron chi connectivity index (χ1n) is 8.08. The summed E-state index contributed by atoms with van der Waals surface area (Å²) in [5.41, 5.74) is 1.99. The predicted octanol–water partition coefficient (Wildman–Crippen LogP) is 3.87. The summed E-state index contributed by atoms with van der Waals surface area (Å²) in [7, 11) is 0. The van der Waals surface area contributed by atoms with Gasteiger partial charge in [0.05, 0.1) is 11.0 Å². The van der Waals surface area contributed by atoms with Crippen LogP contribution in [0.1, 0.15) is 25.1 Å². The molecule has 0 saturated carbocycles. The van der Waals surface area contributed by atoms with Crippen LogP contribution in [0.15, 0.2) is 54.6 Å². The standard InChI is InChI=1S/C19H20N2O3/c22-19(23)12-6-7-13-21-17-11-5-4-10-16(17)20-18(21)14-24-15-8-2-1-3-9-15/h1-5,8-11H,6-7,12-14H2,(H,22,23). The first kappa shape index (κ1) is 16.1. The molecule has 1 N–H and O–H groups in total. The third kappa shape index (κ3) is 3.93. The summed E-state index contributed by atoms with van der Waals surface area (Å²) in [5, 5.41) is 8.77. The van der Waals surface area contributed by atoms with Crippen LogP contribution in [0.5, 0.6) is 5.75 Å². The molecule has 0 unspecified atom stereocenters. The quantitative estimate of drug-likeness (QED) is 0.639. The maximum Gasteiger partial charge on any atom is 0.303 e. The lowest BCUT2D eigenvalue weighted by Gasteiger charge is -2.10. The van der Waals surface area contributed by atoms with Gasteiger partial charge in [-0.3, -0.25) is 4.79 Å². The minimum atomic E-state index is -0.752. The number of aliphatic carboxylic acids is 1. The summed E-state index contributed by atoms with van der Waals surface area (Å²) < 4.78 is 7.95. The molecule has 0 fully saturated rings. The van der Waals surface area contributed by atoms with Crippen molar-refractivity contribution in [1.29, 1.82) is 0 Å². The number of ether oxygens (including phenoxy) is 1. The van der Waals surface area contributed by atoms with Crippen LogP contribution in [-0.2, 0) is 17.9 Å². The van der Waals surface area contributed by atoms with Crippen LogP contribution in [0.2, 0.25) is 0 Å². The lowest BCUT2D eigenvalue weighted by molar-refractivity contribution is -0.137. The zero-order chi connectivity index (χ0) is 16.8. The molecule has 0 bridgehead atoms. The minimum Gasteiger partial charge on any atom is -0.486 e. The molecule has 3 aromatic rings. The van der Waals surface area contributed by atoms with E-state index in [1.165, 1.54) is 0 Å². The van der Waals surface area contributed by atoms with Crippen LogP contribution >= 0.6 is 0 Å². The Morgan fingerprint density at radius 1 is 1.04 bits per heavy atom. The monoisotopic (exact) mass is 324 g/mol. The molecule has 0 atom stereocenters. The van der Waals surface area contributed by atoms with Gasteiger partial charge in [-0.25, -0.2) is 4.98 Å². The summed E-state index contributed by atoms with van der Waals surface area (Å²) in [5.74, 6) is 0.912. The summed E-state index contributed by atoms with van der Waals surface area (Å²) in [4.78, 5) is 15.3. The highest BCUT2D eigenvalue weighted by Crippen LogP contribution is 2.19. The fourth-order valence-electron chi connectivity index (χ4n) is 2.70. The molecule has 0 aliphatic carbocycles. The van der Waals surface area contributed by atoms with Crippen molar-refractivity contribution in [2.24, 2.45) is 0 Å². The molecule has 0 saturated heterocycles. The molecule has 24 heavy (non-hydrogen) atoms. The predicted molar refractivity (Wildman–Crippen MR) is 92.0 cm³/mol. The van der Waals surface area contributed by atoms with E-state index in [1.807, 2.05) is 54.6 Å². The number of unbranched alkanes of at least 4 members (excludes halogenated alkanes) is 1. The number of aryl methyl sites for hydroxylation is 1. The number of carbonyl (C=O) groups is 1. The Bertz CT molecular complexity index is 812. The molecule has 1 aromatic heterocycles. The van der Waals surface area contributed by atoms with Crippen molar-refractivity contribution in [3.05, 3.63) is 60.4 Å². The molecule has 124 valence electrons. The van der Waals surface area contributed by atoms with Gasteiger partial charge in [0.25, 0.3) is 0 Å². The molecule has 1 heterocycles. The van der Waals surface area contributed by atoms with E-state index in [1.54, 1.807) is 0 Å². The van der Waals surface area contributed by atoms with E-state index < -0.39 is 5.97 Å². The van der Waals surface area contributed by atoms with Crippen molar-refractivity contribution in [1.82, 2.24) is 9.55 Å². The molecular weight excluding hydrogens is 304 g/mol. The minimum absolute atomic E-state index is 0.197. The second-order valence-electron chi connectivity index (χ2n) is 5.62. The van der Waals surface area contributed by atoms with E-state index in [9.17, 15) is 4.79 Å². The second kappa shape index (κ2) is 7.64. The summed E-state index contributed by atoms with van der Waals surface area (Å²) in [6.07, 6.45) is 1.65. The maximum absolute atomic E-state index is 10.7.